The van der Waals surface area contributed by atoms with Crippen LogP contribution >= 0.6 is 0 Å². The number of likely N-dealkylation sites (N-methyl/N-ethyl adjacent to an activating group) is 1. The third-order valence-corrected chi connectivity index (χ3v) is 4.56. The maximum atomic E-state index is 4.71. The minimum atomic E-state index is 0.612. The molecule has 0 spiro atoms. The lowest BCUT2D eigenvalue weighted by molar-refractivity contribution is 0.312. The monoisotopic (exact) mass is 367 g/mol. The van der Waals surface area contributed by atoms with Gasteiger partial charge in [0.2, 0.25) is 0 Å². The van der Waals surface area contributed by atoms with Crippen LogP contribution in [-0.2, 0) is 13.1 Å². The molecule has 2 aromatic rings. The lowest BCUT2D eigenvalue weighted by atomic mass is 10.2. The van der Waals surface area contributed by atoms with Crippen molar-refractivity contribution in [2.75, 3.05) is 44.7 Å². The fourth-order valence-electron chi connectivity index (χ4n) is 2.96. The molecule has 27 heavy (non-hydrogen) atoms. The number of rotatable bonds is 6. The molecule has 0 bridgehead atoms. The fourth-order valence-corrected chi connectivity index (χ4v) is 2.96. The Morgan fingerprint density at radius 2 is 1.93 bits per heavy atom. The van der Waals surface area contributed by atoms with E-state index in [4.69, 9.17) is 4.99 Å². The largest absolute Gasteiger partial charge is 0.357 e. The SMILES string of the molecule is CCNC(=NCc1ccnc(N2CCN(C)CC2)c1)NCc1ccccn1. The molecule has 0 aliphatic carbocycles. The van der Waals surface area contributed by atoms with Gasteiger partial charge >= 0.3 is 0 Å². The summed E-state index contributed by atoms with van der Waals surface area (Å²) in [7, 11) is 2.16. The maximum Gasteiger partial charge on any atom is 0.191 e. The van der Waals surface area contributed by atoms with Gasteiger partial charge < -0.3 is 20.4 Å². The number of nitrogens with one attached hydrogen (secondary N) is 2. The highest BCUT2D eigenvalue weighted by Crippen LogP contribution is 2.15. The Morgan fingerprint density at radius 3 is 2.67 bits per heavy atom. The number of aliphatic imine (C=N–C) groups is 1. The Bertz CT molecular complexity index is 724. The van der Waals surface area contributed by atoms with Crippen LogP contribution in [-0.4, -0.2) is 60.6 Å². The summed E-state index contributed by atoms with van der Waals surface area (Å²) in [6.07, 6.45) is 3.69. The Balaban J connectivity index is 1.60. The second-order valence-electron chi connectivity index (χ2n) is 6.68. The van der Waals surface area contributed by atoms with Crippen LogP contribution in [0.3, 0.4) is 0 Å². The normalized spacial score (nSPS) is 15.6. The van der Waals surface area contributed by atoms with Crippen LogP contribution in [0.2, 0.25) is 0 Å². The molecule has 3 rings (SSSR count). The van der Waals surface area contributed by atoms with Gasteiger partial charge in [-0.1, -0.05) is 6.07 Å². The molecule has 0 atom stereocenters. The molecule has 0 amide bonds. The molecule has 1 aliphatic rings. The summed E-state index contributed by atoms with van der Waals surface area (Å²) in [4.78, 5) is 18.3. The second kappa shape index (κ2) is 9.87. The van der Waals surface area contributed by atoms with Crippen molar-refractivity contribution in [1.29, 1.82) is 0 Å². The van der Waals surface area contributed by atoms with Crippen LogP contribution < -0.4 is 15.5 Å². The molecular formula is C20H29N7. The van der Waals surface area contributed by atoms with Gasteiger partial charge in [-0.3, -0.25) is 4.98 Å². The minimum Gasteiger partial charge on any atom is -0.357 e. The van der Waals surface area contributed by atoms with Crippen LogP contribution in [0.1, 0.15) is 18.2 Å². The zero-order chi connectivity index (χ0) is 18.9. The predicted molar refractivity (Wildman–Crippen MR) is 110 cm³/mol. The Labute approximate surface area is 161 Å². The van der Waals surface area contributed by atoms with E-state index in [2.05, 4.69) is 50.4 Å². The van der Waals surface area contributed by atoms with Crippen molar-refractivity contribution >= 4 is 11.8 Å². The van der Waals surface area contributed by atoms with E-state index in [1.807, 2.05) is 30.5 Å². The van der Waals surface area contributed by atoms with E-state index < -0.39 is 0 Å². The molecule has 2 aromatic heterocycles. The first-order valence-corrected chi connectivity index (χ1v) is 9.55. The summed E-state index contributed by atoms with van der Waals surface area (Å²) >= 11 is 0. The average molecular weight is 368 g/mol. The highest BCUT2D eigenvalue weighted by molar-refractivity contribution is 5.79. The molecule has 0 aromatic carbocycles. The number of pyridine rings is 2. The fraction of sp³-hybridized carbons (Fsp3) is 0.450. The van der Waals surface area contributed by atoms with E-state index in [9.17, 15) is 0 Å². The molecule has 2 N–H and O–H groups in total. The zero-order valence-electron chi connectivity index (χ0n) is 16.2. The maximum absolute atomic E-state index is 4.71. The van der Waals surface area contributed by atoms with E-state index in [0.29, 0.717) is 13.1 Å². The van der Waals surface area contributed by atoms with Gasteiger partial charge in [0, 0.05) is 45.1 Å². The van der Waals surface area contributed by atoms with Crippen molar-refractivity contribution in [3.05, 3.63) is 54.0 Å². The van der Waals surface area contributed by atoms with Gasteiger partial charge in [0.25, 0.3) is 0 Å². The molecule has 1 saturated heterocycles. The zero-order valence-corrected chi connectivity index (χ0v) is 16.2. The van der Waals surface area contributed by atoms with Gasteiger partial charge in [0.15, 0.2) is 5.96 Å². The summed E-state index contributed by atoms with van der Waals surface area (Å²) in [5, 5.41) is 6.62. The number of aromatic nitrogens is 2. The summed E-state index contributed by atoms with van der Waals surface area (Å²) in [5.74, 6) is 1.84. The quantitative estimate of drug-likeness (QED) is 0.595. The average Bonchev–Trinajstić information content (AvgIpc) is 2.71. The van der Waals surface area contributed by atoms with Gasteiger partial charge in [-0.05, 0) is 43.8 Å². The number of guanidine groups is 1. The minimum absolute atomic E-state index is 0.612. The van der Waals surface area contributed by atoms with Gasteiger partial charge in [-0.15, -0.1) is 0 Å². The molecule has 1 fully saturated rings. The molecular weight excluding hydrogens is 338 g/mol. The van der Waals surface area contributed by atoms with Gasteiger partial charge in [0.1, 0.15) is 5.82 Å². The molecule has 7 heteroatoms. The third kappa shape index (κ3) is 5.92. The molecule has 144 valence electrons. The number of anilines is 1. The summed E-state index contributed by atoms with van der Waals surface area (Å²) in [6.45, 7) is 8.33. The van der Waals surface area contributed by atoms with Gasteiger partial charge in [-0.2, -0.15) is 0 Å². The van der Waals surface area contributed by atoms with E-state index in [1.54, 1.807) is 6.20 Å². The summed E-state index contributed by atoms with van der Waals surface area (Å²) in [6, 6.07) is 10.1. The number of piperazine rings is 1. The van der Waals surface area contributed by atoms with Crippen molar-refractivity contribution in [3.8, 4) is 0 Å². The lowest BCUT2D eigenvalue weighted by Gasteiger charge is -2.33. The molecule has 0 unspecified atom stereocenters. The van der Waals surface area contributed by atoms with E-state index in [1.165, 1.54) is 0 Å². The van der Waals surface area contributed by atoms with Crippen LogP contribution in [0, 0.1) is 0 Å². The van der Waals surface area contributed by atoms with Crippen LogP contribution in [0.25, 0.3) is 0 Å². The van der Waals surface area contributed by atoms with Crippen molar-refractivity contribution in [2.45, 2.75) is 20.0 Å². The van der Waals surface area contributed by atoms with Crippen molar-refractivity contribution in [2.24, 2.45) is 4.99 Å². The summed E-state index contributed by atoms with van der Waals surface area (Å²) in [5.41, 5.74) is 2.15. The number of hydrogen-bond donors (Lipinski definition) is 2. The Morgan fingerprint density at radius 1 is 1.07 bits per heavy atom. The second-order valence-corrected chi connectivity index (χ2v) is 6.68. The lowest BCUT2D eigenvalue weighted by Crippen LogP contribution is -2.44. The third-order valence-electron chi connectivity index (χ3n) is 4.56. The van der Waals surface area contributed by atoms with Crippen molar-refractivity contribution in [1.82, 2.24) is 25.5 Å². The number of nitrogens with zero attached hydrogens (tertiary/aromatic N) is 5. The highest BCUT2D eigenvalue weighted by atomic mass is 15.3. The molecule has 7 nitrogen and oxygen atoms in total. The van der Waals surface area contributed by atoms with Crippen LogP contribution in [0.4, 0.5) is 5.82 Å². The topological polar surface area (TPSA) is 68.7 Å². The first-order valence-electron chi connectivity index (χ1n) is 9.55. The Kier molecular flexibility index (Phi) is 6.98. The molecule has 0 saturated carbocycles. The van der Waals surface area contributed by atoms with E-state index in [-0.39, 0.29) is 0 Å². The van der Waals surface area contributed by atoms with Crippen molar-refractivity contribution < 1.29 is 0 Å². The predicted octanol–water partition coefficient (Wildman–Crippen LogP) is 1.48. The van der Waals surface area contributed by atoms with Crippen molar-refractivity contribution in [3.63, 3.8) is 0 Å². The first kappa shape index (κ1) is 19.1. The molecule has 3 heterocycles. The summed E-state index contributed by atoms with van der Waals surface area (Å²) < 4.78 is 0. The highest BCUT2D eigenvalue weighted by Gasteiger charge is 2.15. The van der Waals surface area contributed by atoms with Crippen LogP contribution in [0.5, 0.6) is 0 Å². The van der Waals surface area contributed by atoms with Gasteiger partial charge in [-0.25, -0.2) is 9.98 Å². The first-order chi connectivity index (χ1) is 13.2. The Hall–Kier alpha value is -2.67. The standard InChI is InChI=1S/C20H29N7/c1-3-21-20(25-16-18-6-4-5-8-22-18)24-15-17-7-9-23-19(14-17)27-12-10-26(2)11-13-27/h4-9,14H,3,10-13,15-16H2,1-2H3,(H2,21,24,25). The van der Waals surface area contributed by atoms with Gasteiger partial charge in [0.05, 0.1) is 18.8 Å². The van der Waals surface area contributed by atoms with E-state index in [0.717, 1.165) is 55.8 Å². The van der Waals surface area contributed by atoms with Crippen LogP contribution in [0.15, 0.2) is 47.7 Å². The molecule has 1 aliphatic heterocycles. The van der Waals surface area contributed by atoms with E-state index >= 15 is 0 Å². The molecule has 0 radical (unpaired) electrons. The smallest absolute Gasteiger partial charge is 0.191 e. The number of hydrogen-bond acceptors (Lipinski definition) is 5.